The van der Waals surface area contributed by atoms with Gasteiger partial charge in [0.2, 0.25) is 0 Å². The third kappa shape index (κ3) is 3.73. The normalized spacial score (nSPS) is 18.6. The van der Waals surface area contributed by atoms with Crippen LogP contribution in [0.15, 0.2) is 18.2 Å². The second kappa shape index (κ2) is 7.29. The molecular weight excluding hydrogens is 254 g/mol. The Hall–Kier alpha value is -1.55. The van der Waals surface area contributed by atoms with Crippen LogP contribution >= 0.6 is 0 Å². The zero-order chi connectivity index (χ0) is 14.4. The third-order valence-electron chi connectivity index (χ3n) is 3.89. The summed E-state index contributed by atoms with van der Waals surface area (Å²) in [5.41, 5.74) is 0.650. The fourth-order valence-electron chi connectivity index (χ4n) is 2.67. The Bertz CT molecular complexity index is 453. The molecule has 1 atom stereocenters. The van der Waals surface area contributed by atoms with Crippen LogP contribution < -0.4 is 14.8 Å². The lowest BCUT2D eigenvalue weighted by Crippen LogP contribution is -2.30. The van der Waals surface area contributed by atoms with Crippen molar-refractivity contribution in [2.24, 2.45) is 5.92 Å². The van der Waals surface area contributed by atoms with Gasteiger partial charge in [-0.1, -0.05) is 0 Å². The molecule has 1 fully saturated rings. The van der Waals surface area contributed by atoms with E-state index in [1.807, 2.05) is 0 Å². The molecule has 0 aliphatic carbocycles. The summed E-state index contributed by atoms with van der Waals surface area (Å²) in [4.78, 5) is 12.3. The Morgan fingerprint density at radius 3 is 2.85 bits per heavy atom. The second-order valence-corrected chi connectivity index (χ2v) is 5.24. The number of benzene rings is 1. The van der Waals surface area contributed by atoms with Gasteiger partial charge in [0.15, 0.2) is 5.78 Å². The molecule has 110 valence electrons. The number of Topliss-reactive ketones (excluding diaryl/α,β-unsaturated/α-hetero) is 1. The van der Waals surface area contributed by atoms with Crippen molar-refractivity contribution in [2.45, 2.75) is 25.7 Å². The van der Waals surface area contributed by atoms with Crippen molar-refractivity contribution >= 4 is 5.78 Å². The smallest absolute Gasteiger partial charge is 0.166 e. The lowest BCUT2D eigenvalue weighted by molar-refractivity contribution is 0.0968. The van der Waals surface area contributed by atoms with E-state index in [-0.39, 0.29) is 5.78 Å². The minimum atomic E-state index is 0.148. The number of hydrogen-bond donors (Lipinski definition) is 1. The van der Waals surface area contributed by atoms with Gasteiger partial charge in [0.25, 0.3) is 0 Å². The number of ketones is 1. The van der Waals surface area contributed by atoms with Crippen molar-refractivity contribution in [3.63, 3.8) is 0 Å². The zero-order valence-corrected chi connectivity index (χ0v) is 12.3. The first-order valence-electron chi connectivity index (χ1n) is 7.20. The molecule has 0 spiro atoms. The molecule has 1 aromatic carbocycles. The predicted octanol–water partition coefficient (Wildman–Crippen LogP) is 2.67. The van der Waals surface area contributed by atoms with Gasteiger partial charge in [0, 0.05) is 12.5 Å². The summed E-state index contributed by atoms with van der Waals surface area (Å²) in [5.74, 6) is 2.07. The van der Waals surface area contributed by atoms with Crippen LogP contribution in [0.25, 0.3) is 0 Å². The maximum atomic E-state index is 12.3. The van der Waals surface area contributed by atoms with Gasteiger partial charge in [-0.2, -0.15) is 0 Å². The monoisotopic (exact) mass is 277 g/mol. The topological polar surface area (TPSA) is 47.6 Å². The van der Waals surface area contributed by atoms with Crippen molar-refractivity contribution in [1.82, 2.24) is 5.32 Å². The Kier molecular flexibility index (Phi) is 5.41. The molecule has 0 saturated carbocycles. The van der Waals surface area contributed by atoms with Crippen molar-refractivity contribution in [2.75, 3.05) is 27.3 Å². The van der Waals surface area contributed by atoms with Gasteiger partial charge in [-0.3, -0.25) is 4.79 Å². The molecule has 2 rings (SSSR count). The predicted molar refractivity (Wildman–Crippen MR) is 78.7 cm³/mol. The summed E-state index contributed by atoms with van der Waals surface area (Å²) in [6.45, 7) is 2.14. The molecule has 0 aromatic heterocycles. The second-order valence-electron chi connectivity index (χ2n) is 5.24. The van der Waals surface area contributed by atoms with E-state index in [4.69, 9.17) is 9.47 Å². The zero-order valence-electron chi connectivity index (χ0n) is 12.3. The quantitative estimate of drug-likeness (QED) is 0.812. The maximum absolute atomic E-state index is 12.3. The van der Waals surface area contributed by atoms with Crippen molar-refractivity contribution in [3.05, 3.63) is 23.8 Å². The molecule has 1 aromatic rings. The lowest BCUT2D eigenvalue weighted by atomic mass is 9.92. The minimum Gasteiger partial charge on any atom is -0.497 e. The molecule has 0 bridgehead atoms. The molecule has 0 amide bonds. The molecule has 1 saturated heterocycles. The van der Waals surface area contributed by atoms with Crippen LogP contribution in [0.2, 0.25) is 0 Å². The highest BCUT2D eigenvalue weighted by atomic mass is 16.5. The van der Waals surface area contributed by atoms with E-state index in [1.165, 1.54) is 12.8 Å². The number of nitrogens with one attached hydrogen (secondary N) is 1. The first-order chi connectivity index (χ1) is 9.74. The van der Waals surface area contributed by atoms with Gasteiger partial charge >= 0.3 is 0 Å². The Morgan fingerprint density at radius 1 is 1.35 bits per heavy atom. The highest BCUT2D eigenvalue weighted by molar-refractivity contribution is 5.98. The van der Waals surface area contributed by atoms with Gasteiger partial charge in [-0.05, 0) is 50.4 Å². The molecule has 4 nitrogen and oxygen atoms in total. The van der Waals surface area contributed by atoms with E-state index in [1.54, 1.807) is 32.4 Å². The standard InChI is InChI=1S/C16H23NO3/c1-19-13-6-7-14(16(10-13)20-2)15(18)8-5-12-4-3-9-17-11-12/h6-7,10,12,17H,3-5,8-9,11H2,1-2H3. The number of rotatable bonds is 6. The highest BCUT2D eigenvalue weighted by Gasteiger charge is 2.17. The molecule has 20 heavy (non-hydrogen) atoms. The first-order valence-corrected chi connectivity index (χ1v) is 7.20. The summed E-state index contributed by atoms with van der Waals surface area (Å²) in [6.07, 6.45) is 3.96. The van der Waals surface area contributed by atoms with Crippen LogP contribution in [0.3, 0.4) is 0 Å². The number of carbonyl (C=O) groups is 1. The Labute approximate surface area is 120 Å². The fraction of sp³-hybridized carbons (Fsp3) is 0.562. The van der Waals surface area contributed by atoms with Crippen LogP contribution in [0, 0.1) is 5.92 Å². The van der Waals surface area contributed by atoms with Gasteiger partial charge in [0.05, 0.1) is 19.8 Å². The largest absolute Gasteiger partial charge is 0.497 e. The summed E-state index contributed by atoms with van der Waals surface area (Å²) in [7, 11) is 3.18. The van der Waals surface area contributed by atoms with Crippen molar-refractivity contribution < 1.29 is 14.3 Å². The van der Waals surface area contributed by atoms with Crippen molar-refractivity contribution in [3.8, 4) is 11.5 Å². The van der Waals surface area contributed by atoms with E-state index >= 15 is 0 Å². The Balaban J connectivity index is 1.97. The molecule has 1 heterocycles. The lowest BCUT2D eigenvalue weighted by Gasteiger charge is -2.22. The van der Waals surface area contributed by atoms with Gasteiger partial charge < -0.3 is 14.8 Å². The molecule has 4 heteroatoms. The summed E-state index contributed by atoms with van der Waals surface area (Å²) >= 11 is 0. The SMILES string of the molecule is COc1ccc(C(=O)CCC2CCCNC2)c(OC)c1. The molecule has 0 radical (unpaired) electrons. The van der Waals surface area contributed by atoms with E-state index in [0.717, 1.165) is 19.5 Å². The van der Waals surface area contributed by atoms with Crippen LogP contribution in [0.5, 0.6) is 11.5 Å². The van der Waals surface area contributed by atoms with Crippen LogP contribution in [0.1, 0.15) is 36.0 Å². The molecule has 1 aliphatic rings. The molecule has 1 N–H and O–H groups in total. The molecule has 1 unspecified atom stereocenters. The molecular formula is C16H23NO3. The summed E-state index contributed by atoms with van der Waals surface area (Å²) in [6, 6.07) is 5.35. The summed E-state index contributed by atoms with van der Waals surface area (Å²) < 4.78 is 10.4. The van der Waals surface area contributed by atoms with Crippen LogP contribution in [-0.4, -0.2) is 33.1 Å². The van der Waals surface area contributed by atoms with E-state index in [2.05, 4.69) is 5.32 Å². The minimum absolute atomic E-state index is 0.148. The van der Waals surface area contributed by atoms with Crippen LogP contribution in [-0.2, 0) is 0 Å². The first kappa shape index (κ1) is 14.9. The number of hydrogen-bond acceptors (Lipinski definition) is 4. The number of ether oxygens (including phenoxy) is 2. The number of piperidine rings is 1. The summed E-state index contributed by atoms with van der Waals surface area (Å²) in [5, 5.41) is 3.38. The van der Waals surface area contributed by atoms with Gasteiger partial charge in [-0.15, -0.1) is 0 Å². The van der Waals surface area contributed by atoms with Crippen LogP contribution in [0.4, 0.5) is 0 Å². The van der Waals surface area contributed by atoms with E-state index in [0.29, 0.717) is 29.4 Å². The Morgan fingerprint density at radius 2 is 2.20 bits per heavy atom. The average Bonchev–Trinajstić information content (AvgIpc) is 2.52. The van der Waals surface area contributed by atoms with E-state index in [9.17, 15) is 4.79 Å². The van der Waals surface area contributed by atoms with Crippen molar-refractivity contribution in [1.29, 1.82) is 0 Å². The molecule has 1 aliphatic heterocycles. The van der Waals surface area contributed by atoms with E-state index < -0.39 is 0 Å². The number of carbonyl (C=O) groups excluding carboxylic acids is 1. The third-order valence-corrected chi connectivity index (χ3v) is 3.89. The van der Waals surface area contributed by atoms with Gasteiger partial charge in [0.1, 0.15) is 11.5 Å². The highest BCUT2D eigenvalue weighted by Crippen LogP contribution is 2.27. The number of methoxy groups -OCH3 is 2. The fourth-order valence-corrected chi connectivity index (χ4v) is 2.67. The average molecular weight is 277 g/mol. The maximum Gasteiger partial charge on any atom is 0.166 e. The van der Waals surface area contributed by atoms with Gasteiger partial charge in [-0.25, -0.2) is 0 Å².